The SMILES string of the molecule is C=CC(O)CSCCC(C)(C)NC(=O)O. The molecule has 88 valence electrons. The third-order valence-corrected chi connectivity index (χ3v) is 2.95. The molecule has 0 saturated carbocycles. The van der Waals surface area contributed by atoms with Gasteiger partial charge in [0.25, 0.3) is 0 Å². The molecule has 0 aliphatic rings. The zero-order chi connectivity index (χ0) is 11.9. The maximum atomic E-state index is 10.4. The molecule has 1 atom stereocenters. The second-order valence-corrected chi connectivity index (χ2v) is 5.09. The van der Waals surface area contributed by atoms with Gasteiger partial charge in [-0.2, -0.15) is 11.8 Å². The molecule has 0 spiro atoms. The van der Waals surface area contributed by atoms with Crippen molar-refractivity contribution in [2.24, 2.45) is 0 Å². The number of rotatable bonds is 7. The van der Waals surface area contributed by atoms with Crippen molar-refractivity contribution in [3.05, 3.63) is 12.7 Å². The number of aliphatic hydroxyl groups excluding tert-OH is 1. The molecule has 5 heteroatoms. The number of hydrogen-bond donors (Lipinski definition) is 3. The fourth-order valence-corrected chi connectivity index (χ4v) is 2.15. The third-order valence-electron chi connectivity index (χ3n) is 1.88. The van der Waals surface area contributed by atoms with Gasteiger partial charge in [0.15, 0.2) is 0 Å². The number of carbonyl (C=O) groups is 1. The van der Waals surface area contributed by atoms with E-state index >= 15 is 0 Å². The van der Waals surface area contributed by atoms with Gasteiger partial charge in [0.1, 0.15) is 0 Å². The maximum Gasteiger partial charge on any atom is 0.405 e. The van der Waals surface area contributed by atoms with Crippen molar-refractivity contribution in [3.63, 3.8) is 0 Å². The van der Waals surface area contributed by atoms with Crippen LogP contribution in [0.5, 0.6) is 0 Å². The standard InChI is InChI=1S/C10H19NO3S/c1-4-8(12)7-15-6-5-10(2,3)11-9(13)14/h4,8,11-12H,1,5-7H2,2-3H3,(H,13,14). The zero-order valence-corrected chi connectivity index (χ0v) is 10.0. The quantitative estimate of drug-likeness (QED) is 0.462. The summed E-state index contributed by atoms with van der Waals surface area (Å²) in [7, 11) is 0. The summed E-state index contributed by atoms with van der Waals surface area (Å²) < 4.78 is 0. The van der Waals surface area contributed by atoms with Gasteiger partial charge in [0.05, 0.1) is 6.10 Å². The molecular formula is C10H19NO3S. The summed E-state index contributed by atoms with van der Waals surface area (Å²) in [6, 6.07) is 0. The molecule has 0 aromatic carbocycles. The van der Waals surface area contributed by atoms with E-state index in [4.69, 9.17) is 5.11 Å². The number of aliphatic hydroxyl groups is 1. The third kappa shape index (κ3) is 8.32. The highest BCUT2D eigenvalue weighted by molar-refractivity contribution is 7.99. The molecule has 3 N–H and O–H groups in total. The minimum atomic E-state index is -1.00. The number of hydrogen-bond acceptors (Lipinski definition) is 3. The molecule has 0 aromatic heterocycles. The normalized spacial score (nSPS) is 13.3. The Hall–Kier alpha value is -0.680. The maximum absolute atomic E-state index is 10.4. The Labute approximate surface area is 94.8 Å². The summed E-state index contributed by atoms with van der Waals surface area (Å²) in [6.45, 7) is 7.15. The molecule has 0 heterocycles. The Balaban J connectivity index is 3.65. The fraction of sp³-hybridized carbons (Fsp3) is 0.700. The number of carboxylic acid groups (broad SMARTS) is 1. The largest absolute Gasteiger partial charge is 0.465 e. The highest BCUT2D eigenvalue weighted by Gasteiger charge is 2.19. The van der Waals surface area contributed by atoms with Gasteiger partial charge in [0, 0.05) is 11.3 Å². The average Bonchev–Trinajstić information content (AvgIpc) is 2.10. The lowest BCUT2D eigenvalue weighted by molar-refractivity contribution is 0.181. The second-order valence-electron chi connectivity index (χ2n) is 3.94. The van der Waals surface area contributed by atoms with Crippen molar-refractivity contribution in [2.75, 3.05) is 11.5 Å². The van der Waals surface area contributed by atoms with E-state index in [-0.39, 0.29) is 0 Å². The number of amides is 1. The van der Waals surface area contributed by atoms with Gasteiger partial charge in [-0.3, -0.25) is 0 Å². The monoisotopic (exact) mass is 233 g/mol. The van der Waals surface area contributed by atoms with Crippen molar-refractivity contribution in [1.82, 2.24) is 5.32 Å². The second kappa shape index (κ2) is 6.74. The lowest BCUT2D eigenvalue weighted by atomic mass is 10.0. The van der Waals surface area contributed by atoms with Gasteiger partial charge in [-0.15, -0.1) is 6.58 Å². The van der Waals surface area contributed by atoms with E-state index in [1.165, 1.54) is 6.08 Å². The molecule has 4 nitrogen and oxygen atoms in total. The van der Waals surface area contributed by atoms with E-state index in [2.05, 4.69) is 11.9 Å². The van der Waals surface area contributed by atoms with Crippen molar-refractivity contribution >= 4 is 17.9 Å². The van der Waals surface area contributed by atoms with Crippen LogP contribution in [0.25, 0.3) is 0 Å². The van der Waals surface area contributed by atoms with Crippen LogP contribution in [0.4, 0.5) is 4.79 Å². The summed E-state index contributed by atoms with van der Waals surface area (Å²) in [5.74, 6) is 1.41. The first-order chi connectivity index (χ1) is 6.87. The molecule has 0 saturated heterocycles. The van der Waals surface area contributed by atoms with Crippen LogP contribution in [0.3, 0.4) is 0 Å². The van der Waals surface area contributed by atoms with Gasteiger partial charge < -0.3 is 15.5 Å². The van der Waals surface area contributed by atoms with Gasteiger partial charge in [-0.25, -0.2) is 4.79 Å². The van der Waals surface area contributed by atoms with Crippen molar-refractivity contribution in [2.45, 2.75) is 31.9 Å². The lowest BCUT2D eigenvalue weighted by Crippen LogP contribution is -2.43. The molecule has 0 bridgehead atoms. The van der Waals surface area contributed by atoms with Crippen LogP contribution in [0.2, 0.25) is 0 Å². The van der Waals surface area contributed by atoms with Gasteiger partial charge in [0.2, 0.25) is 0 Å². The molecule has 0 rings (SSSR count). The molecular weight excluding hydrogens is 214 g/mol. The molecule has 0 fully saturated rings. The first kappa shape index (κ1) is 14.3. The van der Waals surface area contributed by atoms with Crippen molar-refractivity contribution in [3.8, 4) is 0 Å². The van der Waals surface area contributed by atoms with Crippen LogP contribution in [-0.4, -0.2) is 39.5 Å². The van der Waals surface area contributed by atoms with Crippen LogP contribution in [0, 0.1) is 0 Å². The van der Waals surface area contributed by atoms with E-state index in [1.54, 1.807) is 11.8 Å². The van der Waals surface area contributed by atoms with E-state index in [0.717, 1.165) is 12.2 Å². The van der Waals surface area contributed by atoms with Crippen molar-refractivity contribution < 1.29 is 15.0 Å². The summed E-state index contributed by atoms with van der Waals surface area (Å²) in [5, 5.41) is 20.2. The fourth-order valence-electron chi connectivity index (χ4n) is 0.951. The highest BCUT2D eigenvalue weighted by Crippen LogP contribution is 2.14. The van der Waals surface area contributed by atoms with Crippen LogP contribution < -0.4 is 5.32 Å². The van der Waals surface area contributed by atoms with Gasteiger partial charge >= 0.3 is 6.09 Å². The predicted molar refractivity (Wildman–Crippen MR) is 63.4 cm³/mol. The highest BCUT2D eigenvalue weighted by atomic mass is 32.2. The van der Waals surface area contributed by atoms with E-state index < -0.39 is 17.7 Å². The summed E-state index contributed by atoms with van der Waals surface area (Å²) in [4.78, 5) is 10.4. The lowest BCUT2D eigenvalue weighted by Gasteiger charge is -2.24. The molecule has 0 radical (unpaired) electrons. The summed E-state index contributed by atoms with van der Waals surface area (Å²) >= 11 is 1.59. The first-order valence-corrected chi connectivity index (χ1v) is 5.92. The van der Waals surface area contributed by atoms with Crippen LogP contribution in [0.15, 0.2) is 12.7 Å². The minimum absolute atomic E-state index is 0.419. The van der Waals surface area contributed by atoms with Crippen LogP contribution in [0.1, 0.15) is 20.3 Å². The molecule has 0 aliphatic heterocycles. The molecule has 0 aliphatic carbocycles. The number of nitrogens with one attached hydrogen (secondary N) is 1. The van der Waals surface area contributed by atoms with Gasteiger partial charge in [-0.05, 0) is 26.0 Å². The minimum Gasteiger partial charge on any atom is -0.465 e. The van der Waals surface area contributed by atoms with Crippen LogP contribution >= 0.6 is 11.8 Å². The Morgan fingerprint density at radius 1 is 1.67 bits per heavy atom. The molecule has 15 heavy (non-hydrogen) atoms. The van der Waals surface area contributed by atoms with Crippen LogP contribution in [-0.2, 0) is 0 Å². The van der Waals surface area contributed by atoms with E-state index in [0.29, 0.717) is 5.75 Å². The average molecular weight is 233 g/mol. The Bertz CT molecular complexity index is 219. The Morgan fingerprint density at radius 2 is 2.27 bits per heavy atom. The zero-order valence-electron chi connectivity index (χ0n) is 9.19. The van der Waals surface area contributed by atoms with Gasteiger partial charge in [-0.1, -0.05) is 6.08 Å². The Kier molecular flexibility index (Phi) is 6.43. The number of thioether (sulfide) groups is 1. The van der Waals surface area contributed by atoms with E-state index in [1.807, 2.05) is 13.8 Å². The predicted octanol–water partition coefficient (Wildman–Crippen LogP) is 1.70. The summed E-state index contributed by atoms with van der Waals surface area (Å²) in [5.41, 5.74) is -0.419. The topological polar surface area (TPSA) is 69.6 Å². The van der Waals surface area contributed by atoms with Crippen molar-refractivity contribution in [1.29, 1.82) is 0 Å². The Morgan fingerprint density at radius 3 is 2.73 bits per heavy atom. The summed E-state index contributed by atoms with van der Waals surface area (Å²) in [6.07, 6.45) is 0.739. The molecule has 0 aromatic rings. The first-order valence-electron chi connectivity index (χ1n) is 4.77. The smallest absolute Gasteiger partial charge is 0.405 e. The molecule has 1 amide bonds. The molecule has 1 unspecified atom stereocenters. The van der Waals surface area contributed by atoms with E-state index in [9.17, 15) is 9.90 Å².